The molecule has 0 N–H and O–H groups in total. The molecule has 0 aliphatic carbocycles. The molecule has 0 amide bonds. The fraction of sp³-hybridized carbons (Fsp3) is 0.200. The van der Waals surface area contributed by atoms with Gasteiger partial charge >= 0.3 is 0 Å². The monoisotopic (exact) mass is 251 g/mol. The van der Waals surface area contributed by atoms with E-state index in [0.717, 1.165) is 4.47 Å². The summed E-state index contributed by atoms with van der Waals surface area (Å²) in [5.74, 6) is 0. The molecular formula is C10H10BrN3. The SMILES string of the molecule is CN(C)/C=N/c1cccc(Br)c1C#N. The molecule has 0 radical (unpaired) electrons. The van der Waals surface area contributed by atoms with E-state index >= 15 is 0 Å². The fourth-order valence-corrected chi connectivity index (χ4v) is 1.35. The summed E-state index contributed by atoms with van der Waals surface area (Å²) in [6.45, 7) is 0. The standard InChI is InChI=1S/C10H10BrN3/c1-14(2)7-13-10-5-3-4-9(11)8(10)6-12/h3-5,7H,1-2H3/b13-7+. The van der Waals surface area contributed by atoms with E-state index < -0.39 is 0 Å². The quantitative estimate of drug-likeness (QED) is 0.599. The van der Waals surface area contributed by atoms with E-state index in [1.54, 1.807) is 6.34 Å². The van der Waals surface area contributed by atoms with Crippen molar-refractivity contribution in [2.75, 3.05) is 14.1 Å². The lowest BCUT2D eigenvalue weighted by Gasteiger charge is -2.03. The van der Waals surface area contributed by atoms with Crippen LogP contribution in [0.25, 0.3) is 0 Å². The van der Waals surface area contributed by atoms with Crippen LogP contribution in [-0.4, -0.2) is 25.3 Å². The zero-order chi connectivity index (χ0) is 10.6. The maximum Gasteiger partial charge on any atom is 0.103 e. The molecule has 0 aliphatic heterocycles. The normalized spacial score (nSPS) is 10.1. The molecule has 0 aliphatic rings. The van der Waals surface area contributed by atoms with E-state index in [0.29, 0.717) is 11.3 Å². The van der Waals surface area contributed by atoms with Crippen molar-refractivity contribution >= 4 is 28.0 Å². The van der Waals surface area contributed by atoms with E-state index in [2.05, 4.69) is 27.0 Å². The molecule has 1 aromatic carbocycles. The highest BCUT2D eigenvalue weighted by atomic mass is 79.9. The smallest absolute Gasteiger partial charge is 0.103 e. The van der Waals surface area contributed by atoms with Crippen LogP contribution in [0.1, 0.15) is 5.56 Å². The van der Waals surface area contributed by atoms with Gasteiger partial charge in [-0.1, -0.05) is 6.07 Å². The molecule has 0 heterocycles. The van der Waals surface area contributed by atoms with Gasteiger partial charge in [-0.2, -0.15) is 5.26 Å². The Morgan fingerprint density at radius 1 is 1.50 bits per heavy atom. The van der Waals surface area contributed by atoms with E-state index in [1.807, 2.05) is 37.2 Å². The molecule has 0 unspecified atom stereocenters. The molecule has 0 fully saturated rings. The molecule has 14 heavy (non-hydrogen) atoms. The first-order valence-electron chi connectivity index (χ1n) is 4.04. The van der Waals surface area contributed by atoms with Gasteiger partial charge in [0.25, 0.3) is 0 Å². The largest absolute Gasteiger partial charge is 0.369 e. The maximum atomic E-state index is 8.90. The van der Waals surface area contributed by atoms with Crippen molar-refractivity contribution in [3.05, 3.63) is 28.2 Å². The van der Waals surface area contributed by atoms with Crippen LogP contribution in [0.3, 0.4) is 0 Å². The summed E-state index contributed by atoms with van der Waals surface area (Å²) in [6, 6.07) is 7.60. The van der Waals surface area contributed by atoms with Gasteiger partial charge in [0.05, 0.1) is 17.6 Å². The molecule has 72 valence electrons. The molecule has 0 saturated heterocycles. The number of nitrogens with zero attached hydrogens (tertiary/aromatic N) is 3. The van der Waals surface area contributed by atoms with Crippen molar-refractivity contribution in [3.63, 3.8) is 0 Å². The summed E-state index contributed by atoms with van der Waals surface area (Å²) >= 11 is 3.30. The highest BCUT2D eigenvalue weighted by Gasteiger charge is 2.03. The van der Waals surface area contributed by atoms with Crippen LogP contribution < -0.4 is 0 Å². The number of benzene rings is 1. The summed E-state index contributed by atoms with van der Waals surface area (Å²) in [5, 5.41) is 8.90. The third-order valence-corrected chi connectivity index (χ3v) is 2.19. The second kappa shape index (κ2) is 4.77. The first kappa shape index (κ1) is 10.7. The molecule has 1 rings (SSSR count). The topological polar surface area (TPSA) is 39.4 Å². The first-order chi connectivity index (χ1) is 6.65. The predicted molar refractivity (Wildman–Crippen MR) is 60.7 cm³/mol. The van der Waals surface area contributed by atoms with E-state index in [1.165, 1.54) is 0 Å². The van der Waals surface area contributed by atoms with Crippen LogP contribution in [0.5, 0.6) is 0 Å². The Morgan fingerprint density at radius 2 is 2.21 bits per heavy atom. The Labute approximate surface area is 91.8 Å². The van der Waals surface area contributed by atoms with Gasteiger partial charge in [0.15, 0.2) is 0 Å². The van der Waals surface area contributed by atoms with Crippen molar-refractivity contribution in [2.45, 2.75) is 0 Å². The fourth-order valence-electron chi connectivity index (χ4n) is 0.909. The zero-order valence-corrected chi connectivity index (χ0v) is 9.62. The maximum absolute atomic E-state index is 8.90. The lowest BCUT2D eigenvalue weighted by Crippen LogP contribution is -2.07. The Hall–Kier alpha value is -1.34. The molecule has 3 nitrogen and oxygen atoms in total. The molecule has 0 saturated carbocycles. The minimum Gasteiger partial charge on any atom is -0.369 e. The molecule has 1 aromatic rings. The van der Waals surface area contributed by atoms with Gasteiger partial charge in [0.2, 0.25) is 0 Å². The van der Waals surface area contributed by atoms with Gasteiger partial charge in [-0.3, -0.25) is 0 Å². The number of nitriles is 1. The molecule has 0 atom stereocenters. The Kier molecular flexibility index (Phi) is 3.66. The average molecular weight is 252 g/mol. The molecule has 0 aromatic heterocycles. The van der Waals surface area contributed by atoms with Crippen molar-refractivity contribution < 1.29 is 0 Å². The lowest BCUT2D eigenvalue weighted by atomic mass is 10.2. The number of hydrogen-bond acceptors (Lipinski definition) is 2. The third-order valence-electron chi connectivity index (χ3n) is 1.53. The molecule has 4 heteroatoms. The zero-order valence-electron chi connectivity index (χ0n) is 8.03. The number of aliphatic imine (C=N–C) groups is 1. The van der Waals surface area contributed by atoms with Gasteiger partial charge in [-0.05, 0) is 28.1 Å². The van der Waals surface area contributed by atoms with Crippen LogP contribution in [0.4, 0.5) is 5.69 Å². The average Bonchev–Trinajstić information content (AvgIpc) is 2.14. The van der Waals surface area contributed by atoms with Gasteiger partial charge in [-0.25, -0.2) is 4.99 Å². The van der Waals surface area contributed by atoms with Crippen LogP contribution in [-0.2, 0) is 0 Å². The third kappa shape index (κ3) is 2.57. The van der Waals surface area contributed by atoms with Crippen molar-refractivity contribution in [2.24, 2.45) is 4.99 Å². The summed E-state index contributed by atoms with van der Waals surface area (Å²) in [7, 11) is 3.76. The molecule has 0 spiro atoms. The number of hydrogen-bond donors (Lipinski definition) is 0. The van der Waals surface area contributed by atoms with E-state index in [-0.39, 0.29) is 0 Å². The first-order valence-corrected chi connectivity index (χ1v) is 4.83. The summed E-state index contributed by atoms with van der Waals surface area (Å²) in [5.41, 5.74) is 1.24. The number of rotatable bonds is 2. The molecule has 0 bridgehead atoms. The Bertz CT molecular complexity index is 391. The summed E-state index contributed by atoms with van der Waals surface area (Å²) < 4.78 is 0.772. The second-order valence-corrected chi connectivity index (χ2v) is 3.81. The van der Waals surface area contributed by atoms with Gasteiger partial charge in [0, 0.05) is 18.6 Å². The predicted octanol–water partition coefficient (Wildman–Crippen LogP) is 2.54. The molecular weight excluding hydrogens is 242 g/mol. The second-order valence-electron chi connectivity index (χ2n) is 2.95. The van der Waals surface area contributed by atoms with E-state index in [9.17, 15) is 0 Å². The van der Waals surface area contributed by atoms with Crippen molar-refractivity contribution in [1.82, 2.24) is 4.90 Å². The highest BCUT2D eigenvalue weighted by Crippen LogP contribution is 2.25. The van der Waals surface area contributed by atoms with Crippen molar-refractivity contribution in [3.8, 4) is 6.07 Å². The minimum absolute atomic E-state index is 0.561. The van der Waals surface area contributed by atoms with Crippen molar-refractivity contribution in [1.29, 1.82) is 5.26 Å². The van der Waals surface area contributed by atoms with Crippen LogP contribution >= 0.6 is 15.9 Å². The summed E-state index contributed by atoms with van der Waals surface area (Å²) in [6.07, 6.45) is 1.67. The van der Waals surface area contributed by atoms with Gasteiger partial charge < -0.3 is 4.90 Å². The van der Waals surface area contributed by atoms with Crippen LogP contribution in [0, 0.1) is 11.3 Å². The van der Waals surface area contributed by atoms with Gasteiger partial charge in [-0.15, -0.1) is 0 Å². The minimum atomic E-state index is 0.561. The van der Waals surface area contributed by atoms with Crippen LogP contribution in [0.15, 0.2) is 27.7 Å². The van der Waals surface area contributed by atoms with E-state index in [4.69, 9.17) is 5.26 Å². The van der Waals surface area contributed by atoms with Gasteiger partial charge in [0.1, 0.15) is 6.07 Å². The summed E-state index contributed by atoms with van der Waals surface area (Å²) in [4.78, 5) is 6.01. The Morgan fingerprint density at radius 3 is 2.79 bits per heavy atom. The highest BCUT2D eigenvalue weighted by molar-refractivity contribution is 9.10. The Balaban J connectivity index is 3.10. The lowest BCUT2D eigenvalue weighted by molar-refractivity contribution is 0.643. The number of halogens is 1. The van der Waals surface area contributed by atoms with Crippen LogP contribution in [0.2, 0.25) is 0 Å².